The molecule has 28 heavy (non-hydrogen) atoms. The SMILES string of the molecule is COc1ccc(CN2C[C@H]3C[C@@H](NC(C)=O)[C@H](OC)C[C@H]3C2)cc1Cl.O=CO. The number of ether oxygens (including phenoxy) is 2. The molecule has 1 heterocycles. The number of nitrogens with zero attached hydrogens (tertiary/aromatic N) is 1. The van der Waals surface area contributed by atoms with Crippen molar-refractivity contribution in [2.45, 2.75) is 38.5 Å². The molecule has 2 N–H and O–H groups in total. The molecule has 156 valence electrons. The van der Waals surface area contributed by atoms with Crippen molar-refractivity contribution >= 4 is 24.0 Å². The molecule has 2 fully saturated rings. The van der Waals surface area contributed by atoms with E-state index in [0.29, 0.717) is 22.6 Å². The number of methoxy groups -OCH3 is 2. The summed E-state index contributed by atoms with van der Waals surface area (Å²) in [7, 11) is 3.37. The van der Waals surface area contributed by atoms with E-state index in [2.05, 4.69) is 16.3 Å². The van der Waals surface area contributed by atoms with Crippen LogP contribution in [0.4, 0.5) is 0 Å². The van der Waals surface area contributed by atoms with Gasteiger partial charge in [-0.05, 0) is 42.4 Å². The Balaban J connectivity index is 0.000000878. The van der Waals surface area contributed by atoms with Crippen molar-refractivity contribution in [3.05, 3.63) is 28.8 Å². The number of likely N-dealkylation sites (tertiary alicyclic amines) is 1. The van der Waals surface area contributed by atoms with E-state index in [-0.39, 0.29) is 24.5 Å². The van der Waals surface area contributed by atoms with Crippen molar-refractivity contribution in [3.63, 3.8) is 0 Å². The molecule has 0 radical (unpaired) electrons. The maximum atomic E-state index is 11.5. The van der Waals surface area contributed by atoms with Gasteiger partial charge >= 0.3 is 0 Å². The minimum absolute atomic E-state index is 0.0215. The van der Waals surface area contributed by atoms with Crippen LogP contribution in [0.5, 0.6) is 5.75 Å². The minimum Gasteiger partial charge on any atom is -0.495 e. The Labute approximate surface area is 170 Å². The summed E-state index contributed by atoms with van der Waals surface area (Å²) in [4.78, 5) is 22.3. The summed E-state index contributed by atoms with van der Waals surface area (Å²) in [5, 5.41) is 10.6. The molecule has 1 saturated heterocycles. The zero-order valence-electron chi connectivity index (χ0n) is 16.6. The number of nitrogens with one attached hydrogen (secondary N) is 1. The van der Waals surface area contributed by atoms with Gasteiger partial charge < -0.3 is 19.9 Å². The molecule has 0 bridgehead atoms. The van der Waals surface area contributed by atoms with E-state index in [1.807, 2.05) is 12.1 Å². The molecule has 8 heteroatoms. The topological polar surface area (TPSA) is 88.1 Å². The number of carbonyl (C=O) groups is 2. The molecular weight excluding hydrogens is 384 g/mol. The second-order valence-electron chi connectivity index (χ2n) is 7.34. The van der Waals surface area contributed by atoms with Gasteiger partial charge in [0.25, 0.3) is 6.47 Å². The third kappa shape index (κ3) is 5.83. The van der Waals surface area contributed by atoms with Crippen LogP contribution >= 0.6 is 11.6 Å². The molecule has 1 amide bonds. The molecule has 0 spiro atoms. The van der Waals surface area contributed by atoms with Crippen LogP contribution < -0.4 is 10.1 Å². The number of carbonyl (C=O) groups excluding carboxylic acids is 1. The fourth-order valence-corrected chi connectivity index (χ4v) is 4.66. The van der Waals surface area contributed by atoms with Crippen LogP contribution in [0.15, 0.2) is 18.2 Å². The normalized spacial score (nSPS) is 26.6. The van der Waals surface area contributed by atoms with Crippen LogP contribution in [-0.4, -0.2) is 61.8 Å². The van der Waals surface area contributed by atoms with E-state index in [9.17, 15) is 4.79 Å². The fraction of sp³-hybridized carbons (Fsp3) is 0.600. The highest BCUT2D eigenvalue weighted by Gasteiger charge is 2.42. The molecule has 1 aliphatic carbocycles. The van der Waals surface area contributed by atoms with Gasteiger partial charge in [-0.1, -0.05) is 17.7 Å². The smallest absolute Gasteiger partial charge is 0.290 e. The van der Waals surface area contributed by atoms with Gasteiger partial charge in [-0.25, -0.2) is 0 Å². The Kier molecular flexibility index (Phi) is 8.54. The summed E-state index contributed by atoms with van der Waals surface area (Å²) >= 11 is 6.24. The molecule has 1 aromatic carbocycles. The number of halogens is 1. The average molecular weight is 413 g/mol. The summed E-state index contributed by atoms with van der Waals surface area (Å²) in [5.41, 5.74) is 1.20. The zero-order valence-corrected chi connectivity index (χ0v) is 17.3. The number of amides is 1. The predicted octanol–water partition coefficient (Wildman–Crippen LogP) is 2.41. The number of rotatable bonds is 5. The number of hydrogen-bond acceptors (Lipinski definition) is 5. The average Bonchev–Trinajstić information content (AvgIpc) is 3.02. The van der Waals surface area contributed by atoms with E-state index < -0.39 is 0 Å². The Morgan fingerprint density at radius 2 is 1.96 bits per heavy atom. The monoisotopic (exact) mass is 412 g/mol. The van der Waals surface area contributed by atoms with Crippen LogP contribution in [0.1, 0.15) is 25.3 Å². The lowest BCUT2D eigenvalue weighted by Crippen LogP contribution is -2.49. The molecule has 1 aliphatic heterocycles. The molecule has 0 aromatic heterocycles. The maximum absolute atomic E-state index is 11.5. The van der Waals surface area contributed by atoms with Crippen LogP contribution in [0, 0.1) is 11.8 Å². The van der Waals surface area contributed by atoms with Crippen LogP contribution in [0.25, 0.3) is 0 Å². The summed E-state index contributed by atoms with van der Waals surface area (Å²) in [5.74, 6) is 1.97. The molecule has 3 rings (SSSR count). The first-order valence-corrected chi connectivity index (χ1v) is 9.72. The number of benzene rings is 1. The summed E-state index contributed by atoms with van der Waals surface area (Å²) < 4.78 is 10.9. The van der Waals surface area contributed by atoms with Crippen molar-refractivity contribution in [3.8, 4) is 5.75 Å². The summed E-state index contributed by atoms with van der Waals surface area (Å²) in [6.45, 7) is 4.34. The first kappa shape index (κ1) is 22.5. The highest BCUT2D eigenvalue weighted by molar-refractivity contribution is 6.32. The van der Waals surface area contributed by atoms with Crippen LogP contribution in [-0.2, 0) is 20.9 Å². The standard InChI is InChI=1S/C19H27ClN2O3.CH2O2/c1-12(23)21-17-7-14-10-22(11-15(14)8-19(17)25-3)9-13-4-5-18(24-2)16(20)6-13;2-1-3/h4-6,14-15,17,19H,7-11H2,1-3H3,(H,21,23);1H,(H,2,3)/t14-,15+,17-,19-;/m1./s1. The Bertz CT molecular complexity index is 672. The third-order valence-electron chi connectivity index (χ3n) is 5.51. The lowest BCUT2D eigenvalue weighted by atomic mass is 9.77. The zero-order chi connectivity index (χ0) is 20.7. The molecule has 4 atom stereocenters. The van der Waals surface area contributed by atoms with E-state index in [1.54, 1.807) is 21.1 Å². The highest BCUT2D eigenvalue weighted by atomic mass is 35.5. The lowest BCUT2D eigenvalue weighted by molar-refractivity contribution is -0.123. The number of fused-ring (bicyclic) bond motifs is 1. The van der Waals surface area contributed by atoms with Crippen molar-refractivity contribution in [1.29, 1.82) is 0 Å². The van der Waals surface area contributed by atoms with Gasteiger partial charge in [-0.2, -0.15) is 0 Å². The largest absolute Gasteiger partial charge is 0.495 e. The molecule has 1 saturated carbocycles. The molecule has 1 aromatic rings. The van der Waals surface area contributed by atoms with Crippen molar-refractivity contribution in [2.24, 2.45) is 11.8 Å². The Morgan fingerprint density at radius 3 is 2.50 bits per heavy atom. The number of carboxylic acid groups (broad SMARTS) is 1. The summed E-state index contributed by atoms with van der Waals surface area (Å²) in [6, 6.07) is 6.11. The maximum Gasteiger partial charge on any atom is 0.290 e. The molecule has 0 unspecified atom stereocenters. The second kappa shape index (κ2) is 10.6. The van der Waals surface area contributed by atoms with E-state index >= 15 is 0 Å². The molecule has 7 nitrogen and oxygen atoms in total. The Hall–Kier alpha value is -1.83. The van der Waals surface area contributed by atoms with E-state index in [1.165, 1.54) is 5.56 Å². The third-order valence-corrected chi connectivity index (χ3v) is 5.80. The van der Waals surface area contributed by atoms with Crippen LogP contribution in [0.3, 0.4) is 0 Å². The quantitative estimate of drug-likeness (QED) is 0.722. The van der Waals surface area contributed by atoms with E-state index in [4.69, 9.17) is 31.0 Å². The predicted molar refractivity (Wildman–Crippen MR) is 107 cm³/mol. The Morgan fingerprint density at radius 1 is 1.32 bits per heavy atom. The summed E-state index contributed by atoms with van der Waals surface area (Å²) in [6.07, 6.45) is 2.11. The van der Waals surface area contributed by atoms with Crippen molar-refractivity contribution in [2.75, 3.05) is 27.3 Å². The fourth-order valence-electron chi connectivity index (χ4n) is 4.38. The molecule has 2 aliphatic rings. The minimum atomic E-state index is -0.250. The van der Waals surface area contributed by atoms with Gasteiger partial charge in [0.1, 0.15) is 5.75 Å². The van der Waals surface area contributed by atoms with Gasteiger partial charge in [0.15, 0.2) is 0 Å². The first-order valence-electron chi connectivity index (χ1n) is 9.34. The number of hydrogen-bond donors (Lipinski definition) is 2. The van der Waals surface area contributed by atoms with Crippen LogP contribution in [0.2, 0.25) is 5.02 Å². The highest BCUT2D eigenvalue weighted by Crippen LogP contribution is 2.38. The molecular formula is C20H29ClN2O5. The second-order valence-corrected chi connectivity index (χ2v) is 7.75. The van der Waals surface area contributed by atoms with Crippen molar-refractivity contribution in [1.82, 2.24) is 10.2 Å². The van der Waals surface area contributed by atoms with Crippen molar-refractivity contribution < 1.29 is 24.2 Å². The van der Waals surface area contributed by atoms with Gasteiger partial charge in [0.05, 0.1) is 24.3 Å². The van der Waals surface area contributed by atoms with Gasteiger partial charge in [0.2, 0.25) is 5.91 Å². The lowest BCUT2D eigenvalue weighted by Gasteiger charge is -2.37. The first-order chi connectivity index (χ1) is 13.4. The van der Waals surface area contributed by atoms with E-state index in [0.717, 1.165) is 32.5 Å². The van der Waals surface area contributed by atoms with Gasteiger partial charge in [0, 0.05) is 33.7 Å². The van der Waals surface area contributed by atoms with Gasteiger partial charge in [-0.15, -0.1) is 0 Å². The van der Waals surface area contributed by atoms with Gasteiger partial charge in [-0.3, -0.25) is 14.5 Å².